The summed E-state index contributed by atoms with van der Waals surface area (Å²) in [6.45, 7) is 5.38. The summed E-state index contributed by atoms with van der Waals surface area (Å²) in [7, 11) is 2.15. The number of hydrogen-bond donors (Lipinski definition) is 0. The van der Waals surface area contributed by atoms with E-state index in [2.05, 4.69) is 26.8 Å². The van der Waals surface area contributed by atoms with Crippen LogP contribution in [0.2, 0.25) is 0 Å². The molecule has 0 N–H and O–H groups in total. The molecule has 0 bridgehead atoms. The number of piperazine rings is 1. The van der Waals surface area contributed by atoms with Gasteiger partial charge in [-0.2, -0.15) is 0 Å². The van der Waals surface area contributed by atoms with Crippen LogP contribution in [0.25, 0.3) is 0 Å². The standard InChI is InChI=1S/C18H23N5O2/c1-21-8-10-22(11-9-21)17-14-4-6-23(7-5-15(14)19-13-20-17)18(24)16-3-2-12-25-16/h2-3,12-13H,4-11H2,1H3. The van der Waals surface area contributed by atoms with Gasteiger partial charge in [-0.25, -0.2) is 9.97 Å². The predicted octanol–water partition coefficient (Wildman–Crippen LogP) is 1.06. The number of aromatic nitrogens is 2. The maximum absolute atomic E-state index is 12.6. The highest BCUT2D eigenvalue weighted by atomic mass is 16.3. The lowest BCUT2D eigenvalue weighted by molar-refractivity contribution is 0.0731. The Bertz CT molecular complexity index is 738. The molecule has 1 saturated heterocycles. The monoisotopic (exact) mass is 341 g/mol. The third-order valence-electron chi connectivity index (χ3n) is 5.08. The van der Waals surface area contributed by atoms with Gasteiger partial charge in [0.25, 0.3) is 5.91 Å². The summed E-state index contributed by atoms with van der Waals surface area (Å²) in [6, 6.07) is 3.46. The zero-order valence-electron chi connectivity index (χ0n) is 14.5. The van der Waals surface area contributed by atoms with E-state index in [0.717, 1.165) is 50.5 Å². The average Bonchev–Trinajstić information content (AvgIpc) is 3.08. The fourth-order valence-corrected chi connectivity index (χ4v) is 3.56. The highest BCUT2D eigenvalue weighted by Crippen LogP contribution is 2.25. The minimum atomic E-state index is -0.0492. The largest absolute Gasteiger partial charge is 0.459 e. The van der Waals surface area contributed by atoms with Gasteiger partial charge in [0.1, 0.15) is 12.1 Å². The van der Waals surface area contributed by atoms with Gasteiger partial charge in [0.15, 0.2) is 5.76 Å². The van der Waals surface area contributed by atoms with Crippen molar-refractivity contribution in [3.63, 3.8) is 0 Å². The van der Waals surface area contributed by atoms with Gasteiger partial charge in [0.05, 0.1) is 12.0 Å². The SMILES string of the molecule is CN1CCN(c2ncnc3c2CCN(C(=O)c2ccco2)CC3)CC1. The lowest BCUT2D eigenvalue weighted by Crippen LogP contribution is -2.45. The molecule has 2 aromatic heterocycles. The number of fused-ring (bicyclic) bond motifs is 1. The van der Waals surface area contributed by atoms with Crippen molar-refractivity contribution >= 4 is 11.7 Å². The number of furan rings is 1. The molecule has 0 saturated carbocycles. The van der Waals surface area contributed by atoms with Crippen LogP contribution < -0.4 is 4.90 Å². The molecule has 132 valence electrons. The van der Waals surface area contributed by atoms with Crippen LogP contribution in [-0.2, 0) is 12.8 Å². The van der Waals surface area contributed by atoms with E-state index < -0.39 is 0 Å². The van der Waals surface area contributed by atoms with Crippen molar-refractivity contribution in [2.24, 2.45) is 0 Å². The zero-order chi connectivity index (χ0) is 17.2. The number of anilines is 1. The van der Waals surface area contributed by atoms with Gasteiger partial charge in [0.2, 0.25) is 0 Å². The summed E-state index contributed by atoms with van der Waals surface area (Å²) in [5.41, 5.74) is 2.26. The van der Waals surface area contributed by atoms with Crippen LogP contribution in [0.15, 0.2) is 29.1 Å². The Hall–Kier alpha value is -2.41. The number of likely N-dealkylation sites (N-methyl/N-ethyl adjacent to an activating group) is 1. The first kappa shape index (κ1) is 16.1. The first-order valence-electron chi connectivity index (χ1n) is 8.81. The third-order valence-corrected chi connectivity index (χ3v) is 5.08. The van der Waals surface area contributed by atoms with E-state index >= 15 is 0 Å². The van der Waals surface area contributed by atoms with E-state index in [1.165, 1.54) is 11.8 Å². The van der Waals surface area contributed by atoms with Gasteiger partial charge in [-0.05, 0) is 25.6 Å². The molecule has 2 aromatic rings. The molecule has 0 spiro atoms. The molecule has 4 heterocycles. The maximum atomic E-state index is 12.6. The van der Waals surface area contributed by atoms with Crippen molar-refractivity contribution in [3.8, 4) is 0 Å². The maximum Gasteiger partial charge on any atom is 0.289 e. The minimum Gasteiger partial charge on any atom is -0.459 e. The summed E-state index contributed by atoms with van der Waals surface area (Å²) >= 11 is 0. The average molecular weight is 341 g/mol. The second-order valence-corrected chi connectivity index (χ2v) is 6.68. The Balaban J connectivity index is 1.53. The molecule has 7 heteroatoms. The van der Waals surface area contributed by atoms with E-state index in [9.17, 15) is 4.79 Å². The number of nitrogens with zero attached hydrogens (tertiary/aromatic N) is 5. The van der Waals surface area contributed by atoms with Crippen LogP contribution in [0.4, 0.5) is 5.82 Å². The number of carbonyl (C=O) groups excluding carboxylic acids is 1. The fraction of sp³-hybridized carbons (Fsp3) is 0.500. The summed E-state index contributed by atoms with van der Waals surface area (Å²) in [5.74, 6) is 1.40. The molecule has 0 aliphatic carbocycles. The summed E-state index contributed by atoms with van der Waals surface area (Å²) < 4.78 is 5.26. The van der Waals surface area contributed by atoms with E-state index in [0.29, 0.717) is 18.8 Å². The molecule has 0 atom stereocenters. The van der Waals surface area contributed by atoms with Gasteiger partial charge in [0, 0.05) is 51.3 Å². The zero-order valence-corrected chi connectivity index (χ0v) is 14.5. The highest BCUT2D eigenvalue weighted by molar-refractivity contribution is 5.91. The Kier molecular flexibility index (Phi) is 4.40. The van der Waals surface area contributed by atoms with Crippen LogP contribution in [0.3, 0.4) is 0 Å². The van der Waals surface area contributed by atoms with Crippen molar-refractivity contribution in [3.05, 3.63) is 41.7 Å². The number of carbonyl (C=O) groups is 1. The number of rotatable bonds is 2. The fourth-order valence-electron chi connectivity index (χ4n) is 3.56. The Morgan fingerprint density at radius 3 is 2.64 bits per heavy atom. The summed E-state index contributed by atoms with van der Waals surface area (Å²) in [4.78, 5) is 28.2. The van der Waals surface area contributed by atoms with Gasteiger partial charge < -0.3 is 19.1 Å². The van der Waals surface area contributed by atoms with Crippen molar-refractivity contribution in [2.45, 2.75) is 12.8 Å². The van der Waals surface area contributed by atoms with Crippen LogP contribution in [0.1, 0.15) is 21.8 Å². The first-order chi connectivity index (χ1) is 12.2. The van der Waals surface area contributed by atoms with Gasteiger partial charge in [-0.3, -0.25) is 4.79 Å². The third kappa shape index (κ3) is 3.24. The molecule has 1 fully saturated rings. The molecule has 0 radical (unpaired) electrons. The Labute approximate surface area is 147 Å². The molecular formula is C18H23N5O2. The van der Waals surface area contributed by atoms with E-state index in [4.69, 9.17) is 4.42 Å². The number of amides is 1. The first-order valence-corrected chi connectivity index (χ1v) is 8.81. The molecule has 7 nitrogen and oxygen atoms in total. The second-order valence-electron chi connectivity index (χ2n) is 6.68. The Morgan fingerprint density at radius 1 is 1.08 bits per heavy atom. The summed E-state index contributed by atoms with van der Waals surface area (Å²) in [5, 5.41) is 0. The Morgan fingerprint density at radius 2 is 1.88 bits per heavy atom. The minimum absolute atomic E-state index is 0.0492. The predicted molar refractivity (Wildman–Crippen MR) is 93.8 cm³/mol. The smallest absolute Gasteiger partial charge is 0.289 e. The lowest BCUT2D eigenvalue weighted by atomic mass is 10.1. The van der Waals surface area contributed by atoms with E-state index in [1.54, 1.807) is 18.5 Å². The highest BCUT2D eigenvalue weighted by Gasteiger charge is 2.26. The van der Waals surface area contributed by atoms with Crippen molar-refractivity contribution in [2.75, 3.05) is 51.2 Å². The lowest BCUT2D eigenvalue weighted by Gasteiger charge is -2.34. The van der Waals surface area contributed by atoms with Gasteiger partial charge >= 0.3 is 0 Å². The van der Waals surface area contributed by atoms with Crippen LogP contribution in [-0.4, -0.2) is 72.0 Å². The van der Waals surface area contributed by atoms with Gasteiger partial charge in [-0.1, -0.05) is 0 Å². The molecule has 2 aliphatic rings. The number of hydrogen-bond acceptors (Lipinski definition) is 6. The second kappa shape index (κ2) is 6.84. The van der Waals surface area contributed by atoms with Gasteiger partial charge in [-0.15, -0.1) is 0 Å². The molecule has 4 rings (SSSR count). The molecule has 1 amide bonds. The van der Waals surface area contributed by atoms with Crippen LogP contribution >= 0.6 is 0 Å². The normalized spacial score (nSPS) is 18.8. The van der Waals surface area contributed by atoms with Crippen molar-refractivity contribution < 1.29 is 9.21 Å². The van der Waals surface area contributed by atoms with Crippen LogP contribution in [0.5, 0.6) is 0 Å². The quantitative estimate of drug-likeness (QED) is 0.814. The topological polar surface area (TPSA) is 65.7 Å². The molecular weight excluding hydrogens is 318 g/mol. The van der Waals surface area contributed by atoms with Crippen molar-refractivity contribution in [1.29, 1.82) is 0 Å². The molecule has 0 unspecified atom stereocenters. The molecule has 2 aliphatic heterocycles. The van der Waals surface area contributed by atoms with Crippen molar-refractivity contribution in [1.82, 2.24) is 19.8 Å². The summed E-state index contributed by atoms with van der Waals surface area (Å²) in [6.07, 6.45) is 4.74. The van der Waals surface area contributed by atoms with Crippen LogP contribution in [0, 0.1) is 0 Å². The molecule has 25 heavy (non-hydrogen) atoms. The van der Waals surface area contributed by atoms with E-state index in [-0.39, 0.29) is 5.91 Å². The van der Waals surface area contributed by atoms with E-state index in [1.807, 2.05) is 4.90 Å². The molecule has 0 aromatic carbocycles.